The van der Waals surface area contributed by atoms with Gasteiger partial charge in [0.15, 0.2) is 0 Å². The van der Waals surface area contributed by atoms with Crippen LogP contribution in [0.4, 0.5) is 0 Å². The highest BCUT2D eigenvalue weighted by Gasteiger charge is 2.20. The van der Waals surface area contributed by atoms with Gasteiger partial charge in [-0.25, -0.2) is 0 Å². The Morgan fingerprint density at radius 2 is 2.00 bits per heavy atom. The maximum absolute atomic E-state index is 11.9. The Kier molecular flexibility index (Phi) is 5.14. The van der Waals surface area contributed by atoms with Gasteiger partial charge in [0.1, 0.15) is 0 Å². The number of hydrogen-bond acceptors (Lipinski definition) is 4. The topological polar surface area (TPSA) is 52.7 Å². The first-order chi connectivity index (χ1) is 9.56. The summed E-state index contributed by atoms with van der Waals surface area (Å²) in [5.41, 5.74) is 1.23. The average Bonchev–Trinajstić information content (AvgIpc) is 2.82. The fourth-order valence-electron chi connectivity index (χ4n) is 2.24. The third-order valence-corrected chi connectivity index (χ3v) is 4.62. The molecule has 1 aliphatic rings. The van der Waals surface area contributed by atoms with E-state index in [1.807, 2.05) is 10.3 Å². The van der Waals surface area contributed by atoms with Gasteiger partial charge >= 0.3 is 0 Å². The summed E-state index contributed by atoms with van der Waals surface area (Å²) in [6.07, 6.45) is 0. The summed E-state index contributed by atoms with van der Waals surface area (Å²) in [4.78, 5) is 28.3. The van der Waals surface area contributed by atoms with Crippen molar-refractivity contribution in [1.29, 1.82) is 0 Å². The van der Waals surface area contributed by atoms with E-state index in [0.29, 0.717) is 26.2 Å². The minimum Gasteiger partial charge on any atom is -0.350 e. The van der Waals surface area contributed by atoms with Crippen LogP contribution in [0.1, 0.15) is 17.4 Å². The molecule has 0 unspecified atom stereocenters. The Bertz CT molecular complexity index is 479. The molecule has 1 N–H and O–H groups in total. The number of nitrogens with zero attached hydrogens (tertiary/aromatic N) is 2. The van der Waals surface area contributed by atoms with Gasteiger partial charge in [0.25, 0.3) is 0 Å². The number of amides is 2. The molecule has 6 heteroatoms. The minimum atomic E-state index is 0.0501. The van der Waals surface area contributed by atoms with E-state index >= 15 is 0 Å². The summed E-state index contributed by atoms with van der Waals surface area (Å²) in [5, 5.41) is 5.00. The molecule has 20 heavy (non-hydrogen) atoms. The predicted molar refractivity (Wildman–Crippen MR) is 79.6 cm³/mol. The molecule has 1 aliphatic heterocycles. The first-order valence-electron chi connectivity index (χ1n) is 6.84. The van der Waals surface area contributed by atoms with Crippen LogP contribution in [-0.2, 0) is 16.1 Å². The number of nitrogens with one attached hydrogen (secondary N) is 1. The van der Waals surface area contributed by atoms with Gasteiger partial charge in [-0.2, -0.15) is 0 Å². The van der Waals surface area contributed by atoms with Gasteiger partial charge in [-0.15, -0.1) is 11.3 Å². The van der Waals surface area contributed by atoms with Crippen LogP contribution in [-0.4, -0.2) is 54.3 Å². The second-order valence-corrected chi connectivity index (χ2v) is 6.09. The van der Waals surface area contributed by atoms with Gasteiger partial charge in [0.2, 0.25) is 11.8 Å². The summed E-state index contributed by atoms with van der Waals surface area (Å²) in [6, 6.07) is 2.06. The van der Waals surface area contributed by atoms with Gasteiger partial charge in [-0.05, 0) is 23.9 Å². The Labute approximate surface area is 123 Å². The molecule has 0 spiro atoms. The zero-order valence-corrected chi connectivity index (χ0v) is 12.8. The molecule has 110 valence electrons. The average molecular weight is 295 g/mol. The Hall–Kier alpha value is -1.40. The molecule has 0 atom stereocenters. The van der Waals surface area contributed by atoms with Crippen molar-refractivity contribution in [2.45, 2.75) is 20.4 Å². The highest BCUT2D eigenvalue weighted by atomic mass is 32.1. The molecule has 0 bridgehead atoms. The first kappa shape index (κ1) is 15.0. The number of carbonyl (C=O) groups excluding carboxylic acids is 2. The highest BCUT2D eigenvalue weighted by molar-refractivity contribution is 7.10. The Morgan fingerprint density at radius 1 is 1.30 bits per heavy atom. The number of aryl methyl sites for hydroxylation is 1. The molecule has 2 rings (SSSR count). The van der Waals surface area contributed by atoms with E-state index in [-0.39, 0.29) is 11.8 Å². The van der Waals surface area contributed by atoms with Crippen molar-refractivity contribution in [3.8, 4) is 0 Å². The van der Waals surface area contributed by atoms with Crippen molar-refractivity contribution in [2.24, 2.45) is 0 Å². The van der Waals surface area contributed by atoms with E-state index < -0.39 is 0 Å². The van der Waals surface area contributed by atoms with Crippen molar-refractivity contribution in [3.63, 3.8) is 0 Å². The van der Waals surface area contributed by atoms with Crippen LogP contribution in [0, 0.1) is 6.92 Å². The quantitative estimate of drug-likeness (QED) is 0.895. The smallest absolute Gasteiger partial charge is 0.234 e. The fraction of sp³-hybridized carbons (Fsp3) is 0.571. The molecule has 0 radical (unpaired) electrons. The molecule has 0 aliphatic carbocycles. The molecule has 0 aromatic carbocycles. The van der Waals surface area contributed by atoms with Crippen molar-refractivity contribution in [2.75, 3.05) is 32.7 Å². The van der Waals surface area contributed by atoms with E-state index in [9.17, 15) is 9.59 Å². The van der Waals surface area contributed by atoms with Crippen LogP contribution in [0.25, 0.3) is 0 Å². The van der Waals surface area contributed by atoms with Crippen LogP contribution in [0.3, 0.4) is 0 Å². The lowest BCUT2D eigenvalue weighted by atomic mass is 10.3. The minimum absolute atomic E-state index is 0.0501. The molecule has 5 nitrogen and oxygen atoms in total. The molecular formula is C14H21N3O2S. The molecule has 1 aromatic heterocycles. The van der Waals surface area contributed by atoms with Crippen molar-refractivity contribution in [1.82, 2.24) is 15.1 Å². The molecule has 1 aromatic rings. The largest absolute Gasteiger partial charge is 0.350 e. The normalized spacial score (nSPS) is 16.2. The zero-order valence-electron chi connectivity index (χ0n) is 12.0. The van der Waals surface area contributed by atoms with E-state index in [0.717, 1.165) is 13.1 Å². The van der Waals surface area contributed by atoms with Crippen molar-refractivity contribution in [3.05, 3.63) is 21.9 Å². The summed E-state index contributed by atoms with van der Waals surface area (Å²) in [7, 11) is 0. The number of thiophene rings is 1. The second kappa shape index (κ2) is 6.85. The zero-order chi connectivity index (χ0) is 14.5. The Morgan fingerprint density at radius 3 is 2.55 bits per heavy atom. The van der Waals surface area contributed by atoms with Crippen molar-refractivity contribution < 1.29 is 9.59 Å². The lowest BCUT2D eigenvalue weighted by Gasteiger charge is -2.33. The number of rotatable bonds is 4. The summed E-state index contributed by atoms with van der Waals surface area (Å²) < 4.78 is 0. The van der Waals surface area contributed by atoms with Crippen LogP contribution >= 0.6 is 11.3 Å². The fourth-order valence-corrected chi connectivity index (χ4v) is 3.09. The van der Waals surface area contributed by atoms with Crippen LogP contribution in [0.15, 0.2) is 11.4 Å². The maximum Gasteiger partial charge on any atom is 0.234 e. The molecule has 2 amide bonds. The molecule has 1 fully saturated rings. The number of piperazine rings is 1. The third-order valence-electron chi connectivity index (χ3n) is 3.60. The lowest BCUT2D eigenvalue weighted by Crippen LogP contribution is -2.50. The number of hydrogen-bond donors (Lipinski definition) is 1. The summed E-state index contributed by atoms with van der Waals surface area (Å²) in [5.74, 6) is 0.163. The van der Waals surface area contributed by atoms with E-state index in [1.54, 1.807) is 18.3 Å². The van der Waals surface area contributed by atoms with E-state index in [2.05, 4.69) is 23.2 Å². The molecule has 0 saturated carbocycles. The van der Waals surface area contributed by atoms with Crippen LogP contribution < -0.4 is 5.32 Å². The third kappa shape index (κ3) is 4.05. The highest BCUT2D eigenvalue weighted by Crippen LogP contribution is 2.14. The lowest BCUT2D eigenvalue weighted by molar-refractivity contribution is -0.131. The van der Waals surface area contributed by atoms with Gasteiger partial charge in [-0.3, -0.25) is 14.5 Å². The van der Waals surface area contributed by atoms with Gasteiger partial charge in [-0.1, -0.05) is 0 Å². The van der Waals surface area contributed by atoms with E-state index in [1.165, 1.54) is 10.4 Å². The Balaban J connectivity index is 1.70. The molecule has 2 heterocycles. The predicted octanol–water partition coefficient (Wildman–Crippen LogP) is 0.837. The van der Waals surface area contributed by atoms with Gasteiger partial charge < -0.3 is 10.2 Å². The number of carbonyl (C=O) groups is 2. The van der Waals surface area contributed by atoms with Crippen LogP contribution in [0.5, 0.6) is 0 Å². The SMILES string of the molecule is CC(=O)N1CCN(CC(=O)NCc2sccc2C)CC1. The molecular weight excluding hydrogens is 274 g/mol. The first-order valence-corrected chi connectivity index (χ1v) is 7.72. The van der Waals surface area contributed by atoms with E-state index in [4.69, 9.17) is 0 Å². The second-order valence-electron chi connectivity index (χ2n) is 5.09. The van der Waals surface area contributed by atoms with Gasteiger partial charge in [0, 0.05) is 38.0 Å². The monoisotopic (exact) mass is 295 g/mol. The maximum atomic E-state index is 11.9. The van der Waals surface area contributed by atoms with Crippen molar-refractivity contribution >= 4 is 23.2 Å². The molecule has 1 saturated heterocycles. The van der Waals surface area contributed by atoms with Gasteiger partial charge in [0.05, 0.1) is 13.1 Å². The van der Waals surface area contributed by atoms with Crippen LogP contribution in [0.2, 0.25) is 0 Å². The summed E-state index contributed by atoms with van der Waals surface area (Å²) in [6.45, 7) is 7.63. The standard InChI is InChI=1S/C14H21N3O2S/c1-11-3-8-20-13(11)9-15-14(19)10-16-4-6-17(7-5-16)12(2)18/h3,8H,4-7,9-10H2,1-2H3,(H,15,19). The summed E-state index contributed by atoms with van der Waals surface area (Å²) >= 11 is 1.67.